The summed E-state index contributed by atoms with van der Waals surface area (Å²) in [5, 5.41) is 12.1. The molecule has 0 aliphatic heterocycles. The number of carbonyl (C=O) groups excluding carboxylic acids is 1. The first-order valence-corrected chi connectivity index (χ1v) is 12.4. The molecule has 1 fully saturated rings. The van der Waals surface area contributed by atoms with Crippen molar-refractivity contribution in [3.8, 4) is 22.7 Å². The molecular weight excluding hydrogens is 514 g/mol. The Kier molecular flexibility index (Phi) is 6.81. The van der Waals surface area contributed by atoms with E-state index in [0.29, 0.717) is 5.13 Å². The van der Waals surface area contributed by atoms with E-state index in [1.54, 1.807) is 19.2 Å². The summed E-state index contributed by atoms with van der Waals surface area (Å²) in [5.41, 5.74) is 1.56. The van der Waals surface area contributed by atoms with Gasteiger partial charge in [-0.1, -0.05) is 23.5 Å². The lowest BCUT2D eigenvalue weighted by molar-refractivity contribution is 0.102. The number of pyridine rings is 3. The number of allylic oxidation sites excluding steroid dienone is 1. The fourth-order valence-electron chi connectivity index (χ4n) is 4.12. The van der Waals surface area contributed by atoms with E-state index in [0.717, 1.165) is 35.1 Å². The van der Waals surface area contributed by atoms with Gasteiger partial charge in [-0.05, 0) is 43.5 Å². The van der Waals surface area contributed by atoms with E-state index in [9.17, 15) is 18.4 Å². The molecule has 0 atom stereocenters. The molecule has 1 amide bonds. The monoisotopic (exact) mass is 536 g/mol. The number of rotatable bonds is 7. The van der Waals surface area contributed by atoms with Crippen LogP contribution in [0, 0.1) is 6.92 Å². The van der Waals surface area contributed by atoms with Crippen molar-refractivity contribution in [1.82, 2.24) is 24.7 Å². The van der Waals surface area contributed by atoms with Crippen LogP contribution in [-0.2, 0) is 0 Å². The van der Waals surface area contributed by atoms with Crippen LogP contribution in [0.4, 0.5) is 13.9 Å². The molecule has 4 aromatic heterocycles. The molecule has 0 unspecified atom stereocenters. The Morgan fingerprint density at radius 1 is 1.18 bits per heavy atom. The highest BCUT2D eigenvalue weighted by Gasteiger charge is 2.27. The summed E-state index contributed by atoms with van der Waals surface area (Å²) >= 11 is 1.27. The van der Waals surface area contributed by atoms with Crippen molar-refractivity contribution in [1.29, 1.82) is 0 Å². The van der Waals surface area contributed by atoms with Crippen molar-refractivity contribution in [3.63, 3.8) is 0 Å². The van der Waals surface area contributed by atoms with Crippen LogP contribution in [-0.4, -0.2) is 37.7 Å². The second kappa shape index (κ2) is 10.2. The van der Waals surface area contributed by atoms with E-state index < -0.39 is 18.0 Å². The predicted molar refractivity (Wildman–Crippen MR) is 138 cm³/mol. The van der Waals surface area contributed by atoms with Gasteiger partial charge < -0.3 is 4.74 Å². The number of nitrogens with one attached hydrogen (secondary N) is 1. The average molecular weight is 537 g/mol. The first-order valence-electron chi connectivity index (χ1n) is 11.6. The molecule has 0 aromatic carbocycles. The van der Waals surface area contributed by atoms with Crippen LogP contribution in [0.15, 0.2) is 59.8 Å². The lowest BCUT2D eigenvalue weighted by Crippen LogP contribution is -2.19. The normalized spacial score (nSPS) is 13.4. The first-order chi connectivity index (χ1) is 18.2. The number of hydrogen-bond donors (Lipinski definition) is 1. The highest BCUT2D eigenvalue weighted by molar-refractivity contribution is 7.15. The van der Waals surface area contributed by atoms with Gasteiger partial charge in [-0.25, -0.2) is 13.8 Å². The van der Waals surface area contributed by atoms with Crippen LogP contribution in [0.5, 0.6) is 5.75 Å². The lowest BCUT2D eigenvalue weighted by Gasteiger charge is -2.25. The molecule has 1 saturated carbocycles. The summed E-state index contributed by atoms with van der Waals surface area (Å²) in [4.78, 5) is 34.1. The molecule has 4 heterocycles. The number of nitrogens with zero attached hydrogens (tertiary/aromatic N) is 5. The van der Waals surface area contributed by atoms with E-state index in [1.807, 2.05) is 0 Å². The molecule has 0 radical (unpaired) electrons. The third-order valence-electron chi connectivity index (χ3n) is 6.16. The molecule has 4 aromatic rings. The number of methoxy groups -OCH3 is 1. The number of hydrogen-bond acceptors (Lipinski definition) is 8. The molecule has 1 aliphatic carbocycles. The zero-order valence-electron chi connectivity index (χ0n) is 20.4. The standard InChI is InChI=1S/C26H22F2N6O3S/c1-13-4-5-34(22(35)8-13)21-10-16(17-9-19(23(27)28)29-12-20(17)37-3)18(11-30-21)24(36)31-26-33-32-25(38-26)15-6-14(2)7-15/h4-5,8-12,15,23H,2,6-7H2,1,3H3,(H,31,33,36). The molecule has 12 heteroatoms. The molecule has 5 rings (SSSR count). The van der Waals surface area contributed by atoms with Crippen LogP contribution < -0.4 is 15.6 Å². The lowest BCUT2D eigenvalue weighted by atomic mass is 9.82. The summed E-state index contributed by atoms with van der Waals surface area (Å²) in [6, 6.07) is 5.80. The Hall–Kier alpha value is -4.32. The zero-order chi connectivity index (χ0) is 27.0. The van der Waals surface area contributed by atoms with Gasteiger partial charge >= 0.3 is 0 Å². The third-order valence-corrected chi connectivity index (χ3v) is 7.16. The predicted octanol–water partition coefficient (Wildman–Crippen LogP) is 5.09. The van der Waals surface area contributed by atoms with E-state index in [1.165, 1.54) is 47.5 Å². The topological polar surface area (TPSA) is 112 Å². The van der Waals surface area contributed by atoms with E-state index >= 15 is 0 Å². The van der Waals surface area contributed by atoms with Crippen molar-refractivity contribution < 1.29 is 18.3 Å². The summed E-state index contributed by atoms with van der Waals surface area (Å²) in [7, 11) is 1.37. The first kappa shape index (κ1) is 25.3. The van der Waals surface area contributed by atoms with Crippen molar-refractivity contribution in [3.05, 3.63) is 87.2 Å². The molecule has 1 N–H and O–H groups in total. The summed E-state index contributed by atoms with van der Waals surface area (Å²) in [6.45, 7) is 5.72. The molecule has 0 bridgehead atoms. The number of alkyl halides is 2. The number of aromatic nitrogens is 5. The Balaban J connectivity index is 1.58. The van der Waals surface area contributed by atoms with Gasteiger partial charge in [0.15, 0.2) is 0 Å². The third kappa shape index (κ3) is 4.94. The molecule has 194 valence electrons. The van der Waals surface area contributed by atoms with Gasteiger partial charge in [-0.15, -0.1) is 10.2 Å². The van der Waals surface area contributed by atoms with Gasteiger partial charge in [0.05, 0.1) is 18.9 Å². The maximum Gasteiger partial charge on any atom is 0.280 e. The van der Waals surface area contributed by atoms with Gasteiger partial charge in [0.2, 0.25) is 5.13 Å². The van der Waals surface area contributed by atoms with Gasteiger partial charge in [-0.3, -0.25) is 24.5 Å². The quantitative estimate of drug-likeness (QED) is 0.328. The Morgan fingerprint density at radius 3 is 2.66 bits per heavy atom. The molecule has 38 heavy (non-hydrogen) atoms. The van der Waals surface area contributed by atoms with E-state index in [-0.39, 0.29) is 39.7 Å². The summed E-state index contributed by atoms with van der Waals surface area (Å²) in [6.07, 6.45) is 2.83. The number of halogens is 2. The van der Waals surface area contributed by atoms with Gasteiger partial charge in [0, 0.05) is 35.5 Å². The minimum Gasteiger partial charge on any atom is -0.494 e. The minimum absolute atomic E-state index is 0.0624. The van der Waals surface area contributed by atoms with E-state index in [4.69, 9.17) is 4.74 Å². The van der Waals surface area contributed by atoms with E-state index in [2.05, 4.69) is 32.1 Å². The van der Waals surface area contributed by atoms with Crippen LogP contribution in [0.1, 0.15) is 51.8 Å². The highest BCUT2D eigenvalue weighted by Crippen LogP contribution is 2.42. The average Bonchev–Trinajstić information content (AvgIpc) is 3.33. The maximum atomic E-state index is 13.5. The Labute approximate surface area is 219 Å². The van der Waals surface area contributed by atoms with Crippen molar-refractivity contribution in [2.24, 2.45) is 0 Å². The van der Waals surface area contributed by atoms with Crippen LogP contribution in [0.2, 0.25) is 0 Å². The summed E-state index contributed by atoms with van der Waals surface area (Å²) < 4.78 is 33.8. The highest BCUT2D eigenvalue weighted by atomic mass is 32.1. The zero-order valence-corrected chi connectivity index (χ0v) is 21.3. The molecule has 1 aliphatic rings. The van der Waals surface area contributed by atoms with Crippen LogP contribution >= 0.6 is 11.3 Å². The number of ether oxygens (including phenoxy) is 1. The van der Waals surface area contributed by atoms with Crippen LogP contribution in [0.25, 0.3) is 16.9 Å². The SMILES string of the molecule is C=C1CC(c2nnc(NC(=O)c3cnc(-n4ccc(C)cc4=O)cc3-c3cc(C(F)F)ncc3OC)s2)C1. The Bertz CT molecular complexity index is 1610. The maximum absolute atomic E-state index is 13.5. The molecule has 9 nitrogen and oxygen atoms in total. The van der Waals surface area contributed by atoms with Crippen molar-refractivity contribution in [2.45, 2.75) is 32.1 Å². The molecule has 0 spiro atoms. The molecular formula is C26H22F2N6O3S. The Morgan fingerprint density at radius 2 is 1.97 bits per heavy atom. The smallest absolute Gasteiger partial charge is 0.280 e. The number of amides is 1. The van der Waals surface area contributed by atoms with Gasteiger partial charge in [-0.2, -0.15) is 0 Å². The van der Waals surface area contributed by atoms with Crippen molar-refractivity contribution in [2.75, 3.05) is 12.4 Å². The van der Waals surface area contributed by atoms with Crippen LogP contribution in [0.3, 0.4) is 0 Å². The van der Waals surface area contributed by atoms with Gasteiger partial charge in [0.25, 0.3) is 17.9 Å². The fourth-order valence-corrected chi connectivity index (χ4v) is 4.96. The number of carbonyl (C=O) groups is 1. The largest absolute Gasteiger partial charge is 0.494 e. The second-order valence-corrected chi connectivity index (χ2v) is 9.87. The number of anilines is 1. The second-order valence-electron chi connectivity index (χ2n) is 8.87. The molecule has 0 saturated heterocycles. The number of aryl methyl sites for hydroxylation is 1. The van der Waals surface area contributed by atoms with Crippen molar-refractivity contribution >= 4 is 22.4 Å². The minimum atomic E-state index is -2.85. The van der Waals surface area contributed by atoms with Gasteiger partial charge in [0.1, 0.15) is 22.3 Å². The fraction of sp³-hybridized carbons (Fsp3) is 0.231. The summed E-state index contributed by atoms with van der Waals surface area (Å²) in [5.74, 6) is 0.0278.